The number of amides is 3. The van der Waals surface area contributed by atoms with Crippen molar-refractivity contribution in [3.8, 4) is 0 Å². The third-order valence-corrected chi connectivity index (χ3v) is 9.25. The standard InChI is InChI=1S/C34H30ClN3O5/c35-23-14-16-25(17-15-23)37-20-8-18-34-29(28-27(43-34)13-7-19-36(31(28)40)24-11-5-2-6-12-24)32(41)38(30(34)33(37)42)26(21-39)22-9-3-1-4-10-22/h1-18,26-30,39H,19-21H2/t26-,27-,28+,29+,30?,34+/m1/s1. The van der Waals surface area contributed by atoms with Crippen molar-refractivity contribution in [3.05, 3.63) is 120 Å². The van der Waals surface area contributed by atoms with Crippen LogP contribution in [0.25, 0.3) is 0 Å². The van der Waals surface area contributed by atoms with Crippen molar-refractivity contribution >= 4 is 40.7 Å². The number of rotatable bonds is 5. The number of hydrogen-bond donors (Lipinski definition) is 1. The molecule has 3 aromatic carbocycles. The lowest BCUT2D eigenvalue weighted by atomic mass is 9.77. The first-order valence-corrected chi connectivity index (χ1v) is 14.8. The first-order chi connectivity index (χ1) is 20.9. The zero-order valence-corrected chi connectivity index (χ0v) is 24.0. The molecule has 2 fully saturated rings. The summed E-state index contributed by atoms with van der Waals surface area (Å²) in [4.78, 5) is 48.5. The molecule has 0 aliphatic carbocycles. The van der Waals surface area contributed by atoms with Crippen LogP contribution in [-0.4, -0.2) is 65.2 Å². The highest BCUT2D eigenvalue weighted by molar-refractivity contribution is 6.30. The minimum atomic E-state index is -1.42. The maximum atomic E-state index is 14.7. The first-order valence-electron chi connectivity index (χ1n) is 14.4. The number of para-hydroxylation sites is 1. The number of aliphatic hydroxyl groups is 1. The summed E-state index contributed by atoms with van der Waals surface area (Å²) in [7, 11) is 0. The van der Waals surface area contributed by atoms with E-state index in [1.165, 1.54) is 4.90 Å². The number of carbonyl (C=O) groups excluding carboxylic acids is 3. The van der Waals surface area contributed by atoms with E-state index in [4.69, 9.17) is 16.3 Å². The summed E-state index contributed by atoms with van der Waals surface area (Å²) in [6, 6.07) is 23.5. The van der Waals surface area contributed by atoms with Crippen LogP contribution in [0.3, 0.4) is 0 Å². The Balaban J connectivity index is 1.37. The minimum absolute atomic E-state index is 0.237. The van der Waals surface area contributed by atoms with Crippen LogP contribution >= 0.6 is 11.6 Å². The molecular weight excluding hydrogens is 566 g/mol. The molecule has 1 spiro atoms. The number of anilines is 2. The van der Waals surface area contributed by atoms with Crippen LogP contribution in [0.4, 0.5) is 11.4 Å². The number of benzene rings is 3. The van der Waals surface area contributed by atoms with E-state index in [1.807, 2.05) is 78.9 Å². The van der Waals surface area contributed by atoms with Crippen LogP contribution in [0.2, 0.25) is 5.02 Å². The molecule has 3 aromatic rings. The highest BCUT2D eigenvalue weighted by Crippen LogP contribution is 2.55. The van der Waals surface area contributed by atoms with Gasteiger partial charge in [0.1, 0.15) is 11.6 Å². The fourth-order valence-electron chi connectivity index (χ4n) is 7.13. The van der Waals surface area contributed by atoms with Crippen molar-refractivity contribution in [3.63, 3.8) is 0 Å². The minimum Gasteiger partial charge on any atom is -0.394 e. The third-order valence-electron chi connectivity index (χ3n) is 9.00. The van der Waals surface area contributed by atoms with Crippen molar-refractivity contribution in [2.45, 2.75) is 23.8 Å². The third kappa shape index (κ3) is 4.32. The highest BCUT2D eigenvalue weighted by Gasteiger charge is 2.72. The van der Waals surface area contributed by atoms with E-state index in [1.54, 1.807) is 40.1 Å². The molecule has 4 aliphatic rings. The largest absolute Gasteiger partial charge is 0.394 e. The van der Waals surface area contributed by atoms with Gasteiger partial charge < -0.3 is 24.5 Å². The molecule has 1 unspecified atom stereocenters. The molecule has 4 aliphatic heterocycles. The zero-order valence-electron chi connectivity index (χ0n) is 23.2. The van der Waals surface area contributed by atoms with Crippen molar-refractivity contribution < 1.29 is 24.2 Å². The number of halogens is 1. The van der Waals surface area contributed by atoms with E-state index in [0.717, 1.165) is 5.69 Å². The predicted molar refractivity (Wildman–Crippen MR) is 162 cm³/mol. The highest BCUT2D eigenvalue weighted by atomic mass is 35.5. The van der Waals surface area contributed by atoms with Crippen molar-refractivity contribution in [1.29, 1.82) is 0 Å². The lowest BCUT2D eigenvalue weighted by Gasteiger charge is -2.38. The molecule has 0 aromatic heterocycles. The molecule has 0 saturated carbocycles. The van der Waals surface area contributed by atoms with Crippen LogP contribution < -0.4 is 9.80 Å². The van der Waals surface area contributed by atoms with Gasteiger partial charge in [0.05, 0.1) is 30.6 Å². The molecule has 0 bridgehead atoms. The Morgan fingerprint density at radius 1 is 0.814 bits per heavy atom. The summed E-state index contributed by atoms with van der Waals surface area (Å²) in [6.07, 6.45) is 6.65. The monoisotopic (exact) mass is 595 g/mol. The average molecular weight is 596 g/mol. The Bertz CT molecular complexity index is 1610. The van der Waals surface area contributed by atoms with E-state index >= 15 is 0 Å². The molecule has 2 saturated heterocycles. The number of hydrogen-bond acceptors (Lipinski definition) is 5. The lowest BCUT2D eigenvalue weighted by Crippen LogP contribution is -2.56. The van der Waals surface area contributed by atoms with Crippen LogP contribution in [-0.2, 0) is 19.1 Å². The van der Waals surface area contributed by atoms with Crippen molar-refractivity contribution in [2.24, 2.45) is 11.8 Å². The topological polar surface area (TPSA) is 90.4 Å². The summed E-state index contributed by atoms with van der Waals surface area (Å²) in [6.45, 7) is 0.162. The maximum Gasteiger partial charge on any atom is 0.253 e. The Morgan fingerprint density at radius 2 is 1.44 bits per heavy atom. The summed E-state index contributed by atoms with van der Waals surface area (Å²) in [5, 5.41) is 11.3. The Morgan fingerprint density at radius 3 is 2.14 bits per heavy atom. The van der Waals surface area contributed by atoms with Crippen LogP contribution in [0.1, 0.15) is 11.6 Å². The van der Waals surface area contributed by atoms with Gasteiger partial charge in [0.15, 0.2) is 0 Å². The molecule has 4 heterocycles. The molecule has 1 N–H and O–H groups in total. The van der Waals surface area contributed by atoms with Gasteiger partial charge in [0.25, 0.3) is 5.91 Å². The summed E-state index contributed by atoms with van der Waals surface area (Å²) in [5.41, 5.74) is 0.594. The van der Waals surface area contributed by atoms with Gasteiger partial charge in [-0.3, -0.25) is 14.4 Å². The van der Waals surface area contributed by atoms with Crippen molar-refractivity contribution in [1.82, 2.24) is 4.90 Å². The number of nitrogens with zero attached hydrogens (tertiary/aromatic N) is 3. The molecule has 3 amide bonds. The summed E-state index contributed by atoms with van der Waals surface area (Å²) in [5.74, 6) is -2.84. The van der Waals surface area contributed by atoms with Crippen LogP contribution in [0, 0.1) is 11.8 Å². The van der Waals surface area contributed by atoms with Gasteiger partial charge in [-0.2, -0.15) is 0 Å². The van der Waals surface area contributed by atoms with Crippen LogP contribution in [0.15, 0.2) is 109 Å². The summed E-state index contributed by atoms with van der Waals surface area (Å²) < 4.78 is 6.77. The molecule has 43 heavy (non-hydrogen) atoms. The fraction of sp³-hybridized carbons (Fsp3) is 0.265. The molecule has 218 valence electrons. The van der Waals surface area contributed by atoms with Gasteiger partial charge in [-0.05, 0) is 42.0 Å². The average Bonchev–Trinajstić information content (AvgIpc) is 3.34. The molecule has 7 rings (SSSR count). The number of aliphatic hydroxyl groups excluding tert-OH is 1. The quantitative estimate of drug-likeness (QED) is 0.448. The molecule has 8 nitrogen and oxygen atoms in total. The lowest BCUT2D eigenvalue weighted by molar-refractivity contribution is -0.144. The van der Waals surface area contributed by atoms with E-state index in [9.17, 15) is 19.5 Å². The fourth-order valence-corrected chi connectivity index (χ4v) is 7.26. The predicted octanol–water partition coefficient (Wildman–Crippen LogP) is 4.16. The zero-order chi connectivity index (χ0) is 29.7. The van der Waals surface area contributed by atoms with Gasteiger partial charge in [-0.1, -0.05) is 84.4 Å². The van der Waals surface area contributed by atoms with E-state index in [0.29, 0.717) is 22.8 Å². The van der Waals surface area contributed by atoms with Crippen molar-refractivity contribution in [2.75, 3.05) is 29.5 Å². The number of carbonyl (C=O) groups is 3. The Labute approximate surface area is 254 Å². The molecule has 0 radical (unpaired) electrons. The number of fused-ring (bicyclic) bond motifs is 2. The molecule has 9 heteroatoms. The summed E-state index contributed by atoms with van der Waals surface area (Å²) >= 11 is 6.14. The number of likely N-dealkylation sites (tertiary alicyclic amines) is 1. The van der Waals surface area contributed by atoms with Gasteiger partial charge >= 0.3 is 0 Å². The first kappa shape index (κ1) is 27.6. The van der Waals surface area contributed by atoms with Gasteiger partial charge in [-0.25, -0.2) is 0 Å². The van der Waals surface area contributed by atoms with Crippen LogP contribution in [0.5, 0.6) is 0 Å². The van der Waals surface area contributed by atoms with E-state index in [-0.39, 0.29) is 18.4 Å². The second-order valence-electron chi connectivity index (χ2n) is 11.2. The SMILES string of the molecule is O=C1C2N([C@H](CO)c3ccccc3)C(=O)[C@@H]3[C@H]4C(=O)N(c5ccccc5)CC=C[C@H]4O[C@]23C=CCN1c1ccc(Cl)cc1. The maximum absolute atomic E-state index is 14.7. The number of ether oxygens (including phenoxy) is 1. The Kier molecular flexibility index (Phi) is 6.92. The second kappa shape index (κ2) is 10.8. The smallest absolute Gasteiger partial charge is 0.253 e. The molecule has 6 atom stereocenters. The normalized spacial score (nSPS) is 28.8. The molecular formula is C34H30ClN3O5. The Hall–Kier alpha value is -4.24. The van der Waals surface area contributed by atoms with E-state index < -0.39 is 48.1 Å². The second-order valence-corrected chi connectivity index (χ2v) is 11.7. The van der Waals surface area contributed by atoms with Gasteiger partial charge in [-0.15, -0.1) is 0 Å². The van der Waals surface area contributed by atoms with E-state index in [2.05, 4.69) is 0 Å². The van der Waals surface area contributed by atoms with Gasteiger partial charge in [0, 0.05) is 29.5 Å². The van der Waals surface area contributed by atoms with Gasteiger partial charge in [0.2, 0.25) is 11.8 Å².